The molecule has 0 radical (unpaired) electrons. The molecule has 5 heteroatoms. The number of aryl methyl sites for hydroxylation is 3. The number of carbonyl (C=O) groups excluding carboxylic acids is 1. The van der Waals surface area contributed by atoms with Gasteiger partial charge < -0.3 is 15.7 Å². The molecule has 1 heterocycles. The summed E-state index contributed by atoms with van der Waals surface area (Å²) in [5.74, 6) is 1.66. The Labute approximate surface area is 130 Å². The first-order valence-electron chi connectivity index (χ1n) is 7.28. The number of hydrogen-bond donors (Lipinski definition) is 3. The second-order valence-electron chi connectivity index (χ2n) is 5.94. The van der Waals surface area contributed by atoms with Crippen molar-refractivity contribution in [3.8, 4) is 0 Å². The lowest BCUT2D eigenvalue weighted by atomic mass is 10.00. The molecule has 21 heavy (non-hydrogen) atoms. The smallest absolute Gasteiger partial charge is 0.315 e. The minimum absolute atomic E-state index is 0.222. The molecule has 1 aromatic rings. The number of nitrogens with one attached hydrogen (secondary N) is 2. The molecule has 0 spiro atoms. The number of urea groups is 1. The minimum Gasteiger partial charge on any atom is -0.387 e. The Kier molecular flexibility index (Phi) is 5.17. The van der Waals surface area contributed by atoms with Gasteiger partial charge in [-0.2, -0.15) is 11.8 Å². The third-order valence-electron chi connectivity index (χ3n) is 3.93. The monoisotopic (exact) mass is 308 g/mol. The summed E-state index contributed by atoms with van der Waals surface area (Å²) in [5.41, 5.74) is 4.04. The van der Waals surface area contributed by atoms with Gasteiger partial charge in [0.05, 0.1) is 5.60 Å². The second kappa shape index (κ2) is 6.71. The zero-order valence-corrected chi connectivity index (χ0v) is 13.8. The van der Waals surface area contributed by atoms with Gasteiger partial charge in [-0.25, -0.2) is 4.79 Å². The fourth-order valence-corrected chi connectivity index (χ4v) is 4.00. The van der Waals surface area contributed by atoms with E-state index >= 15 is 0 Å². The molecule has 2 rings (SSSR count). The summed E-state index contributed by atoms with van der Waals surface area (Å²) in [6.45, 7) is 7.03. The summed E-state index contributed by atoms with van der Waals surface area (Å²) in [6.07, 6.45) is 0.744. The molecule has 2 amide bonds. The molecule has 0 aliphatic carbocycles. The molecule has 1 atom stereocenters. The summed E-state index contributed by atoms with van der Waals surface area (Å²) >= 11 is 1.73. The molecule has 1 saturated heterocycles. The van der Waals surface area contributed by atoms with Crippen LogP contribution in [0.1, 0.15) is 28.7 Å². The van der Waals surface area contributed by atoms with E-state index in [9.17, 15) is 9.90 Å². The quantitative estimate of drug-likeness (QED) is 0.800. The molecule has 116 valence electrons. The van der Waals surface area contributed by atoms with E-state index in [2.05, 4.69) is 43.5 Å². The van der Waals surface area contributed by atoms with Crippen molar-refractivity contribution in [1.82, 2.24) is 10.6 Å². The molecule has 4 nitrogen and oxygen atoms in total. The average Bonchev–Trinajstić information content (AvgIpc) is 2.82. The van der Waals surface area contributed by atoms with Crippen molar-refractivity contribution < 1.29 is 9.90 Å². The highest BCUT2D eigenvalue weighted by Gasteiger charge is 2.31. The van der Waals surface area contributed by atoms with E-state index in [1.165, 1.54) is 16.7 Å². The zero-order chi connectivity index (χ0) is 15.5. The Balaban J connectivity index is 1.84. The standard InChI is InChI=1S/C16H24N2O2S/c1-11-6-12(2)14(13(3)7-11)8-17-15(19)18-9-16(20)4-5-21-10-16/h6-7,20H,4-5,8-10H2,1-3H3,(H2,17,18,19)/t16-/m1/s1. The van der Waals surface area contributed by atoms with Crippen LogP contribution in [0, 0.1) is 20.8 Å². The Bertz CT molecular complexity index is 502. The third kappa shape index (κ3) is 4.38. The van der Waals surface area contributed by atoms with Crippen molar-refractivity contribution in [3.05, 3.63) is 34.4 Å². The van der Waals surface area contributed by atoms with E-state index < -0.39 is 5.60 Å². The van der Waals surface area contributed by atoms with Gasteiger partial charge in [0.15, 0.2) is 0 Å². The molecule has 3 N–H and O–H groups in total. The van der Waals surface area contributed by atoms with Gasteiger partial charge in [0.2, 0.25) is 0 Å². The second-order valence-corrected chi connectivity index (χ2v) is 7.05. The highest BCUT2D eigenvalue weighted by atomic mass is 32.2. The molecule has 0 bridgehead atoms. The first-order valence-corrected chi connectivity index (χ1v) is 8.44. The normalized spacial score (nSPS) is 21.3. The number of carbonyl (C=O) groups is 1. The number of aliphatic hydroxyl groups is 1. The maximum atomic E-state index is 11.9. The molecule has 0 unspecified atom stereocenters. The van der Waals surface area contributed by atoms with Crippen LogP contribution in [0.15, 0.2) is 12.1 Å². The summed E-state index contributed by atoms with van der Waals surface area (Å²) < 4.78 is 0. The molecular weight excluding hydrogens is 284 g/mol. The zero-order valence-electron chi connectivity index (χ0n) is 13.0. The molecule has 1 aliphatic heterocycles. The van der Waals surface area contributed by atoms with Crippen molar-refractivity contribution in [3.63, 3.8) is 0 Å². The van der Waals surface area contributed by atoms with E-state index in [0.717, 1.165) is 17.7 Å². The van der Waals surface area contributed by atoms with Gasteiger partial charge in [0.25, 0.3) is 0 Å². The fraction of sp³-hybridized carbons (Fsp3) is 0.562. The highest BCUT2D eigenvalue weighted by Crippen LogP contribution is 2.26. The Morgan fingerprint density at radius 3 is 2.52 bits per heavy atom. The van der Waals surface area contributed by atoms with E-state index in [4.69, 9.17) is 0 Å². The van der Waals surface area contributed by atoms with Crippen LogP contribution in [0.4, 0.5) is 4.79 Å². The molecule has 0 saturated carbocycles. The van der Waals surface area contributed by atoms with Crippen molar-refractivity contribution in [2.24, 2.45) is 0 Å². The van der Waals surface area contributed by atoms with Gasteiger partial charge in [-0.15, -0.1) is 0 Å². The molecule has 1 aliphatic rings. The predicted molar refractivity (Wildman–Crippen MR) is 87.8 cm³/mol. The Morgan fingerprint density at radius 1 is 1.29 bits per heavy atom. The van der Waals surface area contributed by atoms with Crippen LogP contribution >= 0.6 is 11.8 Å². The van der Waals surface area contributed by atoms with Crippen molar-refractivity contribution >= 4 is 17.8 Å². The largest absolute Gasteiger partial charge is 0.387 e. The molecular formula is C16H24N2O2S. The Hall–Kier alpha value is -1.20. The average molecular weight is 308 g/mol. The van der Waals surface area contributed by atoms with Crippen LogP contribution < -0.4 is 10.6 Å². The van der Waals surface area contributed by atoms with Crippen molar-refractivity contribution in [1.29, 1.82) is 0 Å². The molecule has 1 aromatic carbocycles. The van der Waals surface area contributed by atoms with Crippen LogP contribution in [0.5, 0.6) is 0 Å². The first-order chi connectivity index (χ1) is 9.89. The lowest BCUT2D eigenvalue weighted by Crippen LogP contribution is -2.46. The number of thioether (sulfide) groups is 1. The van der Waals surface area contributed by atoms with Gasteiger partial charge in [0, 0.05) is 18.8 Å². The summed E-state index contributed by atoms with van der Waals surface area (Å²) in [5, 5.41) is 15.8. The fourth-order valence-electron chi connectivity index (χ4n) is 2.70. The summed E-state index contributed by atoms with van der Waals surface area (Å²) in [6, 6.07) is 4.03. The van der Waals surface area contributed by atoms with Gasteiger partial charge in [0.1, 0.15) is 0 Å². The maximum Gasteiger partial charge on any atom is 0.315 e. The lowest BCUT2D eigenvalue weighted by Gasteiger charge is -2.21. The van der Waals surface area contributed by atoms with Crippen LogP contribution in [-0.2, 0) is 6.54 Å². The first kappa shape index (κ1) is 16.2. The number of rotatable bonds is 4. The van der Waals surface area contributed by atoms with E-state index in [1.807, 2.05) is 0 Å². The van der Waals surface area contributed by atoms with Crippen LogP contribution in [-0.4, -0.2) is 34.8 Å². The Morgan fingerprint density at radius 2 is 1.95 bits per heavy atom. The van der Waals surface area contributed by atoms with Crippen LogP contribution in [0.25, 0.3) is 0 Å². The maximum absolute atomic E-state index is 11.9. The number of benzene rings is 1. The highest BCUT2D eigenvalue weighted by molar-refractivity contribution is 7.99. The molecule has 0 aromatic heterocycles. The lowest BCUT2D eigenvalue weighted by molar-refractivity contribution is 0.0700. The summed E-state index contributed by atoms with van der Waals surface area (Å²) in [4.78, 5) is 11.9. The topological polar surface area (TPSA) is 61.4 Å². The van der Waals surface area contributed by atoms with E-state index in [1.54, 1.807) is 11.8 Å². The summed E-state index contributed by atoms with van der Waals surface area (Å²) in [7, 11) is 0. The van der Waals surface area contributed by atoms with E-state index in [-0.39, 0.29) is 6.03 Å². The third-order valence-corrected chi connectivity index (χ3v) is 5.16. The predicted octanol–water partition coefficient (Wildman–Crippen LogP) is 2.28. The van der Waals surface area contributed by atoms with Crippen LogP contribution in [0.3, 0.4) is 0 Å². The van der Waals surface area contributed by atoms with Crippen molar-refractivity contribution in [2.45, 2.75) is 39.3 Å². The van der Waals surface area contributed by atoms with E-state index in [0.29, 0.717) is 18.8 Å². The van der Waals surface area contributed by atoms with Crippen molar-refractivity contribution in [2.75, 3.05) is 18.1 Å². The SMILES string of the molecule is Cc1cc(C)c(CNC(=O)NC[C@]2(O)CCSC2)c(C)c1. The number of amides is 2. The van der Waals surface area contributed by atoms with Gasteiger partial charge in [-0.05, 0) is 49.6 Å². The van der Waals surface area contributed by atoms with Gasteiger partial charge >= 0.3 is 6.03 Å². The van der Waals surface area contributed by atoms with Crippen LogP contribution in [0.2, 0.25) is 0 Å². The van der Waals surface area contributed by atoms with Gasteiger partial charge in [-0.1, -0.05) is 17.7 Å². The molecule has 1 fully saturated rings. The van der Waals surface area contributed by atoms with Gasteiger partial charge in [-0.3, -0.25) is 0 Å². The minimum atomic E-state index is -0.738. The number of hydrogen-bond acceptors (Lipinski definition) is 3.